The molecule has 0 aliphatic carbocycles. The lowest BCUT2D eigenvalue weighted by Crippen LogP contribution is -1.99. The van der Waals surface area contributed by atoms with Crippen molar-refractivity contribution in [2.75, 3.05) is 12.4 Å². The highest BCUT2D eigenvalue weighted by Gasteiger charge is 2.05. The largest absolute Gasteiger partial charge is 0.388 e. The van der Waals surface area contributed by atoms with E-state index in [1.165, 1.54) is 16.8 Å². The third-order valence-corrected chi connectivity index (χ3v) is 2.18. The standard InChI is InChI=1S/C11H17N.2C2H6/c1-8(2)10-7-5-6-9(3)11(10)12-4;2*1-2/h5-8,12H,1-4H3;2*1-2H3. The van der Waals surface area contributed by atoms with Gasteiger partial charge in [-0.3, -0.25) is 0 Å². The Labute approximate surface area is 102 Å². The van der Waals surface area contributed by atoms with Crippen molar-refractivity contribution in [1.82, 2.24) is 0 Å². The van der Waals surface area contributed by atoms with E-state index in [0.717, 1.165) is 0 Å². The van der Waals surface area contributed by atoms with Crippen molar-refractivity contribution in [2.45, 2.75) is 54.4 Å². The summed E-state index contributed by atoms with van der Waals surface area (Å²) in [7, 11) is 1.98. The maximum absolute atomic E-state index is 3.25. The second-order valence-electron chi connectivity index (χ2n) is 3.44. The fraction of sp³-hybridized carbons (Fsp3) is 0.600. The number of aryl methyl sites for hydroxylation is 1. The Balaban J connectivity index is 0. The summed E-state index contributed by atoms with van der Waals surface area (Å²) in [6.45, 7) is 14.6. The Kier molecular flexibility index (Phi) is 11.5. The van der Waals surface area contributed by atoms with Crippen LogP contribution in [-0.2, 0) is 0 Å². The van der Waals surface area contributed by atoms with E-state index in [2.05, 4.69) is 44.3 Å². The minimum absolute atomic E-state index is 0.590. The summed E-state index contributed by atoms with van der Waals surface area (Å²) in [6.07, 6.45) is 0. The summed E-state index contributed by atoms with van der Waals surface area (Å²) in [5, 5.41) is 3.25. The summed E-state index contributed by atoms with van der Waals surface area (Å²) in [5.41, 5.74) is 4.01. The number of hydrogen-bond donors (Lipinski definition) is 1. The average Bonchev–Trinajstić information content (AvgIpc) is 2.33. The van der Waals surface area contributed by atoms with E-state index in [4.69, 9.17) is 0 Å². The van der Waals surface area contributed by atoms with Gasteiger partial charge in [-0.25, -0.2) is 0 Å². The van der Waals surface area contributed by atoms with Crippen LogP contribution in [-0.4, -0.2) is 7.05 Å². The second-order valence-corrected chi connectivity index (χ2v) is 3.44. The molecule has 0 spiro atoms. The van der Waals surface area contributed by atoms with E-state index in [9.17, 15) is 0 Å². The summed E-state index contributed by atoms with van der Waals surface area (Å²) >= 11 is 0. The van der Waals surface area contributed by atoms with Gasteiger partial charge in [0, 0.05) is 12.7 Å². The summed E-state index contributed by atoms with van der Waals surface area (Å²) in [4.78, 5) is 0. The molecule has 16 heavy (non-hydrogen) atoms. The number of anilines is 1. The molecule has 1 nitrogen and oxygen atoms in total. The summed E-state index contributed by atoms with van der Waals surface area (Å²) in [5.74, 6) is 0.590. The zero-order chi connectivity index (χ0) is 13.1. The molecule has 0 heterocycles. The van der Waals surface area contributed by atoms with Gasteiger partial charge in [-0.1, -0.05) is 59.7 Å². The lowest BCUT2D eigenvalue weighted by atomic mass is 9.98. The molecular weight excluding hydrogens is 194 g/mol. The predicted molar refractivity (Wildman–Crippen MR) is 77.5 cm³/mol. The van der Waals surface area contributed by atoms with E-state index >= 15 is 0 Å². The quantitative estimate of drug-likeness (QED) is 0.725. The minimum atomic E-state index is 0.590. The van der Waals surface area contributed by atoms with Crippen LogP contribution < -0.4 is 5.32 Å². The van der Waals surface area contributed by atoms with Gasteiger partial charge < -0.3 is 5.32 Å². The molecule has 94 valence electrons. The highest BCUT2D eigenvalue weighted by Crippen LogP contribution is 2.26. The molecule has 0 saturated heterocycles. The molecule has 0 atom stereocenters. The van der Waals surface area contributed by atoms with Crippen LogP contribution in [0, 0.1) is 6.92 Å². The third-order valence-electron chi connectivity index (χ3n) is 2.18. The average molecular weight is 223 g/mol. The van der Waals surface area contributed by atoms with Crippen molar-refractivity contribution in [3.05, 3.63) is 29.3 Å². The van der Waals surface area contributed by atoms with Crippen LogP contribution in [0.4, 0.5) is 5.69 Å². The normalized spacial score (nSPS) is 8.56. The molecule has 0 saturated carbocycles. The lowest BCUT2D eigenvalue weighted by molar-refractivity contribution is 0.866. The number of hydrogen-bond acceptors (Lipinski definition) is 1. The monoisotopic (exact) mass is 223 g/mol. The maximum atomic E-state index is 3.25. The van der Waals surface area contributed by atoms with Crippen LogP contribution in [0.2, 0.25) is 0 Å². The summed E-state index contributed by atoms with van der Waals surface area (Å²) in [6, 6.07) is 6.44. The van der Waals surface area contributed by atoms with Gasteiger partial charge in [0.2, 0.25) is 0 Å². The maximum Gasteiger partial charge on any atom is 0.0402 e. The molecule has 1 aromatic carbocycles. The van der Waals surface area contributed by atoms with E-state index in [1.54, 1.807) is 0 Å². The van der Waals surface area contributed by atoms with Crippen molar-refractivity contribution < 1.29 is 0 Å². The summed E-state index contributed by atoms with van der Waals surface area (Å²) < 4.78 is 0. The molecule has 1 aromatic rings. The number of benzene rings is 1. The van der Waals surface area contributed by atoms with E-state index in [-0.39, 0.29) is 0 Å². The van der Waals surface area contributed by atoms with E-state index in [1.807, 2.05) is 34.7 Å². The fourth-order valence-corrected chi connectivity index (χ4v) is 1.51. The molecule has 0 aromatic heterocycles. The molecule has 1 rings (SSSR count). The van der Waals surface area contributed by atoms with Crippen molar-refractivity contribution >= 4 is 5.69 Å². The van der Waals surface area contributed by atoms with Gasteiger partial charge in [0.05, 0.1) is 0 Å². The first-order valence-electron chi connectivity index (χ1n) is 6.44. The van der Waals surface area contributed by atoms with Gasteiger partial charge in [-0.2, -0.15) is 0 Å². The van der Waals surface area contributed by atoms with E-state index in [0.29, 0.717) is 5.92 Å². The first kappa shape index (κ1) is 17.4. The Morgan fingerprint density at radius 3 is 1.81 bits per heavy atom. The molecule has 0 aliphatic heterocycles. The molecular formula is C15H29N. The Bertz CT molecular complexity index is 264. The SMILES string of the molecule is CC.CC.CNc1c(C)cccc1C(C)C. The molecule has 0 fully saturated rings. The van der Waals surface area contributed by atoms with Gasteiger partial charge in [0.1, 0.15) is 0 Å². The smallest absolute Gasteiger partial charge is 0.0402 e. The molecule has 0 unspecified atom stereocenters. The zero-order valence-corrected chi connectivity index (χ0v) is 12.3. The minimum Gasteiger partial charge on any atom is -0.388 e. The molecule has 0 amide bonds. The lowest BCUT2D eigenvalue weighted by Gasteiger charge is -2.14. The Hall–Kier alpha value is -0.980. The molecule has 0 aliphatic rings. The highest BCUT2D eigenvalue weighted by atomic mass is 14.8. The van der Waals surface area contributed by atoms with Crippen LogP contribution in [0.15, 0.2) is 18.2 Å². The van der Waals surface area contributed by atoms with Gasteiger partial charge in [-0.05, 0) is 24.0 Å². The number of nitrogens with one attached hydrogen (secondary N) is 1. The van der Waals surface area contributed by atoms with Gasteiger partial charge in [0.25, 0.3) is 0 Å². The third kappa shape index (κ3) is 5.20. The first-order chi connectivity index (χ1) is 7.66. The van der Waals surface area contributed by atoms with Gasteiger partial charge in [0.15, 0.2) is 0 Å². The molecule has 1 N–H and O–H groups in total. The Morgan fingerprint density at radius 1 is 1.00 bits per heavy atom. The van der Waals surface area contributed by atoms with Crippen molar-refractivity contribution in [1.29, 1.82) is 0 Å². The first-order valence-corrected chi connectivity index (χ1v) is 6.44. The van der Waals surface area contributed by atoms with Crippen molar-refractivity contribution in [2.24, 2.45) is 0 Å². The molecule has 0 radical (unpaired) electrons. The molecule has 1 heteroatoms. The predicted octanol–water partition coefficient (Wildman–Crippen LogP) is 5.21. The topological polar surface area (TPSA) is 12.0 Å². The van der Waals surface area contributed by atoms with Crippen molar-refractivity contribution in [3.63, 3.8) is 0 Å². The van der Waals surface area contributed by atoms with Crippen molar-refractivity contribution in [3.8, 4) is 0 Å². The molecule has 0 bridgehead atoms. The van der Waals surface area contributed by atoms with Crippen LogP contribution in [0.3, 0.4) is 0 Å². The second kappa shape index (κ2) is 10.5. The Morgan fingerprint density at radius 2 is 1.50 bits per heavy atom. The van der Waals surface area contributed by atoms with Crippen LogP contribution in [0.5, 0.6) is 0 Å². The van der Waals surface area contributed by atoms with E-state index < -0.39 is 0 Å². The van der Waals surface area contributed by atoms with Gasteiger partial charge >= 0.3 is 0 Å². The fourth-order valence-electron chi connectivity index (χ4n) is 1.51. The van der Waals surface area contributed by atoms with Crippen LogP contribution in [0.25, 0.3) is 0 Å². The number of rotatable bonds is 2. The van der Waals surface area contributed by atoms with Crippen LogP contribution >= 0.6 is 0 Å². The number of para-hydroxylation sites is 1. The highest BCUT2D eigenvalue weighted by molar-refractivity contribution is 5.57. The zero-order valence-electron chi connectivity index (χ0n) is 12.3. The van der Waals surface area contributed by atoms with Crippen LogP contribution in [0.1, 0.15) is 58.6 Å². The van der Waals surface area contributed by atoms with Gasteiger partial charge in [-0.15, -0.1) is 0 Å².